The Labute approximate surface area is 143 Å². The van der Waals surface area contributed by atoms with Gasteiger partial charge in [-0.25, -0.2) is 9.50 Å². The van der Waals surface area contributed by atoms with Gasteiger partial charge in [-0.3, -0.25) is 10.1 Å². The van der Waals surface area contributed by atoms with E-state index in [4.69, 9.17) is 4.98 Å². The Morgan fingerprint density at radius 1 is 1.04 bits per heavy atom. The maximum Gasteiger partial charge on any atom is 0.181 e. The number of nitrogens with one attached hydrogen (secondary N) is 1. The van der Waals surface area contributed by atoms with E-state index in [0.717, 1.165) is 39.2 Å². The van der Waals surface area contributed by atoms with Crippen LogP contribution in [0.15, 0.2) is 67.1 Å². The fourth-order valence-electron chi connectivity index (χ4n) is 3.02. The Balaban J connectivity index is 1.56. The third kappa shape index (κ3) is 2.44. The molecule has 6 nitrogen and oxygen atoms in total. The van der Waals surface area contributed by atoms with E-state index >= 15 is 0 Å². The molecule has 0 amide bonds. The lowest BCUT2D eigenvalue weighted by atomic mass is 10.1. The standard InChI is InChI=1S/C19H14N6/c1-2-4-14(5-3-1)18-19-22-17(24-25(19)9-8-20-18)11-13-6-7-16-15(10-13)12-21-23-16/h1-10,12H,11H2,(H,21,23). The zero-order chi connectivity index (χ0) is 16.6. The molecule has 1 N–H and O–H groups in total. The van der Waals surface area contributed by atoms with Crippen molar-refractivity contribution in [3.8, 4) is 11.3 Å². The molecule has 120 valence electrons. The lowest BCUT2D eigenvalue weighted by Gasteiger charge is -2.00. The second-order valence-electron chi connectivity index (χ2n) is 5.91. The number of aromatic nitrogens is 6. The molecule has 0 spiro atoms. The van der Waals surface area contributed by atoms with Crippen LogP contribution in [-0.4, -0.2) is 29.8 Å². The third-order valence-corrected chi connectivity index (χ3v) is 4.21. The Morgan fingerprint density at radius 2 is 1.96 bits per heavy atom. The molecule has 0 aliphatic rings. The molecule has 0 unspecified atom stereocenters. The number of aromatic amines is 1. The summed E-state index contributed by atoms with van der Waals surface area (Å²) in [6, 6.07) is 16.3. The Hall–Kier alpha value is -3.54. The molecule has 25 heavy (non-hydrogen) atoms. The Bertz CT molecular complexity index is 1170. The van der Waals surface area contributed by atoms with E-state index in [9.17, 15) is 0 Å². The van der Waals surface area contributed by atoms with Crippen LogP contribution in [0.4, 0.5) is 0 Å². The van der Waals surface area contributed by atoms with Gasteiger partial charge < -0.3 is 0 Å². The number of hydrogen-bond donors (Lipinski definition) is 1. The average molecular weight is 326 g/mol. The van der Waals surface area contributed by atoms with Crippen molar-refractivity contribution in [1.82, 2.24) is 29.8 Å². The smallest absolute Gasteiger partial charge is 0.181 e. The van der Waals surface area contributed by atoms with Crippen LogP contribution in [0.1, 0.15) is 11.4 Å². The van der Waals surface area contributed by atoms with Crippen molar-refractivity contribution in [3.05, 3.63) is 78.5 Å². The number of rotatable bonds is 3. The van der Waals surface area contributed by atoms with Crippen LogP contribution in [0.3, 0.4) is 0 Å². The van der Waals surface area contributed by atoms with Gasteiger partial charge >= 0.3 is 0 Å². The van der Waals surface area contributed by atoms with E-state index in [1.54, 1.807) is 10.7 Å². The maximum atomic E-state index is 4.72. The monoisotopic (exact) mass is 326 g/mol. The molecule has 0 saturated carbocycles. The van der Waals surface area contributed by atoms with E-state index in [0.29, 0.717) is 6.42 Å². The molecule has 0 radical (unpaired) electrons. The van der Waals surface area contributed by atoms with Gasteiger partial charge in [-0.2, -0.15) is 10.2 Å². The zero-order valence-corrected chi connectivity index (χ0v) is 13.3. The van der Waals surface area contributed by atoms with Gasteiger partial charge in [0, 0.05) is 29.8 Å². The van der Waals surface area contributed by atoms with Crippen LogP contribution < -0.4 is 0 Å². The molecule has 5 aromatic rings. The summed E-state index contributed by atoms with van der Waals surface area (Å²) in [5.41, 5.74) is 4.83. The molecule has 0 aliphatic heterocycles. The summed E-state index contributed by atoms with van der Waals surface area (Å²) in [6.45, 7) is 0. The Kier molecular flexibility index (Phi) is 3.06. The highest BCUT2D eigenvalue weighted by Crippen LogP contribution is 2.21. The number of fused-ring (bicyclic) bond motifs is 2. The van der Waals surface area contributed by atoms with Crippen molar-refractivity contribution in [2.75, 3.05) is 0 Å². The highest BCUT2D eigenvalue weighted by atomic mass is 15.3. The summed E-state index contributed by atoms with van der Waals surface area (Å²) in [6.07, 6.45) is 6.08. The van der Waals surface area contributed by atoms with Crippen LogP contribution in [0.25, 0.3) is 27.8 Å². The molecular formula is C19H14N6. The van der Waals surface area contributed by atoms with E-state index in [2.05, 4.69) is 32.4 Å². The van der Waals surface area contributed by atoms with E-state index in [1.165, 1.54) is 0 Å². The predicted octanol–water partition coefficient (Wildman–Crippen LogP) is 3.26. The van der Waals surface area contributed by atoms with Gasteiger partial charge in [-0.15, -0.1) is 0 Å². The largest absolute Gasteiger partial charge is 0.278 e. The summed E-state index contributed by atoms with van der Waals surface area (Å²) in [5.74, 6) is 0.771. The van der Waals surface area contributed by atoms with Gasteiger partial charge in [-0.1, -0.05) is 36.4 Å². The number of nitrogens with zero attached hydrogens (tertiary/aromatic N) is 5. The van der Waals surface area contributed by atoms with Gasteiger partial charge in [-0.05, 0) is 17.7 Å². The summed E-state index contributed by atoms with van der Waals surface area (Å²) in [4.78, 5) is 9.21. The first-order chi connectivity index (χ1) is 12.4. The van der Waals surface area contributed by atoms with Crippen LogP contribution >= 0.6 is 0 Å². The van der Waals surface area contributed by atoms with Crippen molar-refractivity contribution in [2.45, 2.75) is 6.42 Å². The minimum atomic E-state index is 0.664. The SMILES string of the molecule is c1ccc(-c2nccn3nc(Cc4ccc5[nH]ncc5c4)nc23)cc1. The molecule has 3 aromatic heterocycles. The highest BCUT2D eigenvalue weighted by Gasteiger charge is 2.11. The fraction of sp³-hybridized carbons (Fsp3) is 0.0526. The van der Waals surface area contributed by atoms with Crippen molar-refractivity contribution in [2.24, 2.45) is 0 Å². The normalized spacial score (nSPS) is 11.4. The third-order valence-electron chi connectivity index (χ3n) is 4.21. The van der Waals surface area contributed by atoms with Gasteiger partial charge in [0.1, 0.15) is 5.69 Å². The van der Waals surface area contributed by atoms with Gasteiger partial charge in [0.2, 0.25) is 0 Å². The summed E-state index contributed by atoms with van der Waals surface area (Å²) >= 11 is 0. The Morgan fingerprint density at radius 3 is 2.88 bits per heavy atom. The summed E-state index contributed by atoms with van der Waals surface area (Å²) < 4.78 is 1.79. The number of benzene rings is 2. The lowest BCUT2D eigenvalue weighted by Crippen LogP contribution is -1.93. The van der Waals surface area contributed by atoms with Crippen LogP contribution in [0.2, 0.25) is 0 Å². The van der Waals surface area contributed by atoms with Gasteiger partial charge in [0.15, 0.2) is 11.5 Å². The van der Waals surface area contributed by atoms with Crippen LogP contribution in [-0.2, 0) is 6.42 Å². The van der Waals surface area contributed by atoms with Crippen molar-refractivity contribution < 1.29 is 0 Å². The molecule has 2 aromatic carbocycles. The molecule has 0 saturated heterocycles. The van der Waals surface area contributed by atoms with Crippen molar-refractivity contribution in [3.63, 3.8) is 0 Å². The van der Waals surface area contributed by atoms with Crippen LogP contribution in [0, 0.1) is 0 Å². The number of hydrogen-bond acceptors (Lipinski definition) is 4. The summed E-state index contributed by atoms with van der Waals surface area (Å²) in [5, 5.41) is 12.7. The molecule has 0 aliphatic carbocycles. The highest BCUT2D eigenvalue weighted by molar-refractivity contribution is 5.78. The maximum absolute atomic E-state index is 4.72. The van der Waals surface area contributed by atoms with E-state index < -0.39 is 0 Å². The second kappa shape index (κ2) is 5.52. The lowest BCUT2D eigenvalue weighted by molar-refractivity contribution is 0.894. The molecule has 0 bridgehead atoms. The van der Waals surface area contributed by atoms with Crippen LogP contribution in [0.5, 0.6) is 0 Å². The quantitative estimate of drug-likeness (QED) is 0.552. The zero-order valence-electron chi connectivity index (χ0n) is 13.3. The van der Waals surface area contributed by atoms with Gasteiger partial charge in [0.05, 0.1) is 11.7 Å². The molecule has 0 fully saturated rings. The summed E-state index contributed by atoms with van der Waals surface area (Å²) in [7, 11) is 0. The molecular weight excluding hydrogens is 312 g/mol. The average Bonchev–Trinajstić information content (AvgIpc) is 3.27. The second-order valence-corrected chi connectivity index (χ2v) is 5.91. The fourth-order valence-corrected chi connectivity index (χ4v) is 3.02. The minimum Gasteiger partial charge on any atom is -0.278 e. The molecule has 5 rings (SSSR count). The first kappa shape index (κ1) is 13.9. The predicted molar refractivity (Wildman–Crippen MR) is 95.1 cm³/mol. The first-order valence-electron chi connectivity index (χ1n) is 8.04. The van der Waals surface area contributed by atoms with E-state index in [1.807, 2.05) is 48.8 Å². The van der Waals surface area contributed by atoms with Crippen molar-refractivity contribution in [1.29, 1.82) is 0 Å². The molecule has 3 heterocycles. The molecule has 6 heteroatoms. The molecule has 0 atom stereocenters. The topological polar surface area (TPSA) is 71.8 Å². The van der Waals surface area contributed by atoms with Gasteiger partial charge in [0.25, 0.3) is 0 Å². The minimum absolute atomic E-state index is 0.664. The van der Waals surface area contributed by atoms with E-state index in [-0.39, 0.29) is 0 Å². The number of H-pyrrole nitrogens is 1. The first-order valence-corrected chi connectivity index (χ1v) is 8.04. The van der Waals surface area contributed by atoms with Crippen molar-refractivity contribution >= 4 is 16.6 Å².